The summed E-state index contributed by atoms with van der Waals surface area (Å²) in [5, 5.41) is 0. The van der Waals surface area contributed by atoms with Gasteiger partial charge in [0.2, 0.25) is 0 Å². The van der Waals surface area contributed by atoms with Crippen molar-refractivity contribution in [3.8, 4) is 22.3 Å². The number of benzene rings is 4. The van der Waals surface area contributed by atoms with Gasteiger partial charge in [0.1, 0.15) is 0 Å². The Balaban J connectivity index is 1.78. The molecule has 28 heavy (non-hydrogen) atoms. The van der Waals surface area contributed by atoms with Gasteiger partial charge < -0.3 is 0 Å². The Hall–Kier alpha value is -3.45. The SMILES string of the molecule is Cc1ccc(-c2ccccc2)cc1C(=O)c1cc(-c2ccccc2)ccc1C. The Kier molecular flexibility index (Phi) is 4.90. The minimum atomic E-state index is 0.0746. The zero-order valence-corrected chi connectivity index (χ0v) is 16.1. The Labute approximate surface area is 166 Å². The lowest BCUT2D eigenvalue weighted by Gasteiger charge is -2.12. The van der Waals surface area contributed by atoms with Gasteiger partial charge in [0.15, 0.2) is 5.78 Å². The van der Waals surface area contributed by atoms with Crippen molar-refractivity contribution in [1.82, 2.24) is 0 Å². The van der Waals surface area contributed by atoms with E-state index in [-0.39, 0.29) is 5.78 Å². The first-order valence-corrected chi connectivity index (χ1v) is 9.50. The lowest BCUT2D eigenvalue weighted by molar-refractivity contribution is 0.103. The van der Waals surface area contributed by atoms with Crippen LogP contribution in [0.15, 0.2) is 97.1 Å². The highest BCUT2D eigenvalue weighted by atomic mass is 16.1. The van der Waals surface area contributed by atoms with Gasteiger partial charge in [-0.1, -0.05) is 84.9 Å². The molecule has 1 heteroatoms. The summed E-state index contributed by atoms with van der Waals surface area (Å²) in [7, 11) is 0. The van der Waals surface area contributed by atoms with Crippen LogP contribution < -0.4 is 0 Å². The Bertz CT molecular complexity index is 1030. The van der Waals surface area contributed by atoms with Crippen molar-refractivity contribution in [2.45, 2.75) is 13.8 Å². The van der Waals surface area contributed by atoms with Crippen molar-refractivity contribution < 1.29 is 4.79 Å². The van der Waals surface area contributed by atoms with Crippen LogP contribution in [0.2, 0.25) is 0 Å². The minimum Gasteiger partial charge on any atom is -0.289 e. The van der Waals surface area contributed by atoms with E-state index in [1.165, 1.54) is 0 Å². The van der Waals surface area contributed by atoms with Crippen molar-refractivity contribution >= 4 is 5.78 Å². The van der Waals surface area contributed by atoms with E-state index in [1.807, 2.05) is 74.5 Å². The Morgan fingerprint density at radius 3 is 1.29 bits per heavy atom. The highest BCUT2D eigenvalue weighted by molar-refractivity contribution is 6.11. The highest BCUT2D eigenvalue weighted by Crippen LogP contribution is 2.27. The van der Waals surface area contributed by atoms with E-state index in [1.54, 1.807) is 0 Å². The Morgan fingerprint density at radius 1 is 0.500 bits per heavy atom. The fraction of sp³-hybridized carbons (Fsp3) is 0.0741. The topological polar surface area (TPSA) is 17.1 Å². The summed E-state index contributed by atoms with van der Waals surface area (Å²) in [6, 6.07) is 32.6. The van der Waals surface area contributed by atoms with Gasteiger partial charge in [0, 0.05) is 11.1 Å². The van der Waals surface area contributed by atoms with Crippen LogP contribution in [0.4, 0.5) is 0 Å². The molecule has 0 saturated heterocycles. The molecule has 0 bridgehead atoms. The van der Waals surface area contributed by atoms with Crippen LogP contribution in [0.5, 0.6) is 0 Å². The van der Waals surface area contributed by atoms with Gasteiger partial charge in [-0.05, 0) is 59.4 Å². The normalized spacial score (nSPS) is 10.6. The molecule has 0 spiro atoms. The standard InChI is InChI=1S/C27H22O/c1-19-13-15-23(21-9-5-3-6-10-21)17-25(19)27(28)26-18-24(16-14-20(26)2)22-11-7-4-8-12-22/h3-18H,1-2H3. The summed E-state index contributed by atoms with van der Waals surface area (Å²) in [6.45, 7) is 4.00. The number of rotatable bonds is 4. The Morgan fingerprint density at radius 2 is 0.893 bits per heavy atom. The van der Waals surface area contributed by atoms with Gasteiger partial charge in [-0.15, -0.1) is 0 Å². The molecule has 0 aliphatic carbocycles. The average molecular weight is 362 g/mol. The monoisotopic (exact) mass is 362 g/mol. The van der Waals surface area contributed by atoms with E-state index in [9.17, 15) is 4.79 Å². The fourth-order valence-corrected chi connectivity index (χ4v) is 3.50. The number of hydrogen-bond donors (Lipinski definition) is 0. The predicted octanol–water partition coefficient (Wildman–Crippen LogP) is 6.87. The van der Waals surface area contributed by atoms with Gasteiger partial charge in [-0.2, -0.15) is 0 Å². The van der Waals surface area contributed by atoms with Gasteiger partial charge in [0.05, 0.1) is 0 Å². The van der Waals surface area contributed by atoms with E-state index in [0.29, 0.717) is 0 Å². The number of ketones is 1. The number of carbonyl (C=O) groups is 1. The highest BCUT2D eigenvalue weighted by Gasteiger charge is 2.16. The van der Waals surface area contributed by atoms with E-state index >= 15 is 0 Å². The third-order valence-corrected chi connectivity index (χ3v) is 5.18. The summed E-state index contributed by atoms with van der Waals surface area (Å²) in [5.41, 5.74) is 7.86. The predicted molar refractivity (Wildman–Crippen MR) is 117 cm³/mol. The van der Waals surface area contributed by atoms with Crippen LogP contribution in [0.25, 0.3) is 22.3 Å². The average Bonchev–Trinajstić information content (AvgIpc) is 2.75. The largest absolute Gasteiger partial charge is 0.289 e. The molecule has 4 rings (SSSR count). The molecule has 0 aliphatic heterocycles. The maximum atomic E-state index is 13.5. The first kappa shape index (κ1) is 17.9. The van der Waals surface area contributed by atoms with Crippen LogP contribution in [0, 0.1) is 13.8 Å². The zero-order valence-electron chi connectivity index (χ0n) is 16.1. The summed E-state index contributed by atoms with van der Waals surface area (Å²) >= 11 is 0. The van der Waals surface area contributed by atoms with E-state index in [4.69, 9.17) is 0 Å². The maximum absolute atomic E-state index is 13.5. The van der Waals surface area contributed by atoms with E-state index < -0.39 is 0 Å². The van der Waals surface area contributed by atoms with Gasteiger partial charge in [-0.3, -0.25) is 4.79 Å². The molecule has 0 N–H and O–H groups in total. The molecule has 0 unspecified atom stereocenters. The molecule has 4 aromatic carbocycles. The molecule has 0 heterocycles. The van der Waals surface area contributed by atoms with Gasteiger partial charge in [0.25, 0.3) is 0 Å². The molecular weight excluding hydrogens is 340 g/mol. The zero-order chi connectivity index (χ0) is 19.5. The summed E-state index contributed by atoms with van der Waals surface area (Å²) in [4.78, 5) is 13.5. The molecule has 0 saturated carbocycles. The molecule has 0 aliphatic rings. The van der Waals surface area contributed by atoms with E-state index in [0.717, 1.165) is 44.5 Å². The van der Waals surface area contributed by atoms with Crippen molar-refractivity contribution in [2.75, 3.05) is 0 Å². The molecule has 136 valence electrons. The smallest absolute Gasteiger partial charge is 0.193 e. The number of hydrogen-bond acceptors (Lipinski definition) is 1. The van der Waals surface area contributed by atoms with Gasteiger partial charge in [-0.25, -0.2) is 0 Å². The molecule has 4 aromatic rings. The van der Waals surface area contributed by atoms with Crippen LogP contribution >= 0.6 is 0 Å². The van der Waals surface area contributed by atoms with Crippen molar-refractivity contribution in [3.63, 3.8) is 0 Å². The summed E-state index contributed by atoms with van der Waals surface area (Å²) in [6.07, 6.45) is 0. The summed E-state index contributed by atoms with van der Waals surface area (Å²) < 4.78 is 0. The second-order valence-electron chi connectivity index (χ2n) is 7.12. The van der Waals surface area contributed by atoms with Crippen LogP contribution in [-0.4, -0.2) is 5.78 Å². The number of aryl methyl sites for hydroxylation is 2. The van der Waals surface area contributed by atoms with Crippen LogP contribution in [-0.2, 0) is 0 Å². The second-order valence-corrected chi connectivity index (χ2v) is 7.12. The molecule has 1 nitrogen and oxygen atoms in total. The molecule has 0 amide bonds. The van der Waals surface area contributed by atoms with Crippen molar-refractivity contribution in [3.05, 3.63) is 119 Å². The third-order valence-electron chi connectivity index (χ3n) is 5.18. The third kappa shape index (κ3) is 3.52. The minimum absolute atomic E-state index is 0.0746. The van der Waals surface area contributed by atoms with Crippen LogP contribution in [0.1, 0.15) is 27.0 Å². The van der Waals surface area contributed by atoms with Gasteiger partial charge >= 0.3 is 0 Å². The van der Waals surface area contributed by atoms with Crippen molar-refractivity contribution in [2.24, 2.45) is 0 Å². The lowest BCUT2D eigenvalue weighted by atomic mass is 9.91. The first-order chi connectivity index (χ1) is 13.6. The molecule has 0 atom stereocenters. The number of carbonyl (C=O) groups excluding carboxylic acids is 1. The first-order valence-electron chi connectivity index (χ1n) is 9.50. The molecule has 0 aromatic heterocycles. The maximum Gasteiger partial charge on any atom is 0.193 e. The molecule has 0 fully saturated rings. The molecule has 0 radical (unpaired) electrons. The molecular formula is C27H22O. The quantitative estimate of drug-likeness (QED) is 0.362. The van der Waals surface area contributed by atoms with E-state index in [2.05, 4.69) is 36.4 Å². The second kappa shape index (κ2) is 7.66. The van der Waals surface area contributed by atoms with Crippen LogP contribution in [0.3, 0.4) is 0 Å². The summed E-state index contributed by atoms with van der Waals surface area (Å²) in [5.74, 6) is 0.0746. The fourth-order valence-electron chi connectivity index (χ4n) is 3.50. The van der Waals surface area contributed by atoms with Crippen molar-refractivity contribution in [1.29, 1.82) is 0 Å². The lowest BCUT2D eigenvalue weighted by Crippen LogP contribution is -2.06.